The summed E-state index contributed by atoms with van der Waals surface area (Å²) in [6.45, 7) is 1.99. The second kappa shape index (κ2) is 6.35. The maximum atomic E-state index is 14.3. The molecule has 6 nitrogen and oxygen atoms in total. The molecule has 0 atom stereocenters. The van der Waals surface area contributed by atoms with E-state index in [-0.39, 0.29) is 18.2 Å². The van der Waals surface area contributed by atoms with Gasteiger partial charge >= 0.3 is 0 Å². The van der Waals surface area contributed by atoms with Crippen LogP contribution in [0.15, 0.2) is 49.1 Å². The smallest absolute Gasteiger partial charge is 0.289 e. The average Bonchev–Trinajstić information content (AvgIpc) is 2.99. The topological polar surface area (TPSA) is 72.7 Å². The van der Waals surface area contributed by atoms with E-state index in [1.165, 1.54) is 18.5 Å². The van der Waals surface area contributed by atoms with E-state index < -0.39 is 5.91 Å². The molecule has 0 saturated heterocycles. The number of hydrogen-bond donors (Lipinski definition) is 1. The van der Waals surface area contributed by atoms with Gasteiger partial charge in [0.25, 0.3) is 5.91 Å². The standard InChI is InChI=1S/C16H14FN5O/c1-11-18-7-8-22(11)14-4-3-12(9-13(14)17)10-21-16(23)15-19-5-2-6-20-15/h2-9H,10H2,1H3,(H,21,23). The monoisotopic (exact) mass is 311 g/mol. The van der Waals surface area contributed by atoms with Crippen molar-refractivity contribution in [3.63, 3.8) is 0 Å². The molecule has 0 bridgehead atoms. The lowest BCUT2D eigenvalue weighted by molar-refractivity contribution is 0.0940. The van der Waals surface area contributed by atoms with Crippen molar-refractivity contribution < 1.29 is 9.18 Å². The minimum atomic E-state index is -0.402. The zero-order valence-corrected chi connectivity index (χ0v) is 12.4. The van der Waals surface area contributed by atoms with Crippen LogP contribution in [0, 0.1) is 12.7 Å². The van der Waals surface area contributed by atoms with Crippen LogP contribution in [0.2, 0.25) is 0 Å². The van der Waals surface area contributed by atoms with Crippen molar-refractivity contribution in [2.45, 2.75) is 13.5 Å². The average molecular weight is 311 g/mol. The number of hydrogen-bond acceptors (Lipinski definition) is 4. The van der Waals surface area contributed by atoms with Crippen LogP contribution in [0.1, 0.15) is 22.0 Å². The Labute approximate surface area is 132 Å². The molecule has 0 saturated carbocycles. The molecule has 1 aromatic carbocycles. The molecule has 0 fully saturated rings. The van der Waals surface area contributed by atoms with E-state index in [1.807, 2.05) is 0 Å². The highest BCUT2D eigenvalue weighted by molar-refractivity contribution is 5.90. The molecule has 3 aromatic rings. The Bertz CT molecular complexity index is 831. The van der Waals surface area contributed by atoms with Gasteiger partial charge in [0.2, 0.25) is 5.82 Å². The van der Waals surface area contributed by atoms with Gasteiger partial charge in [-0.25, -0.2) is 19.3 Å². The predicted octanol–water partition coefficient (Wildman–Crippen LogP) is 2.04. The van der Waals surface area contributed by atoms with Gasteiger partial charge in [-0.15, -0.1) is 0 Å². The van der Waals surface area contributed by atoms with E-state index in [0.717, 1.165) is 0 Å². The van der Waals surface area contributed by atoms with E-state index in [1.54, 1.807) is 42.1 Å². The lowest BCUT2D eigenvalue weighted by atomic mass is 10.2. The minimum absolute atomic E-state index is 0.0821. The summed E-state index contributed by atoms with van der Waals surface area (Å²) in [7, 11) is 0. The summed E-state index contributed by atoms with van der Waals surface area (Å²) in [6.07, 6.45) is 6.29. The summed E-state index contributed by atoms with van der Waals surface area (Å²) in [5.74, 6) is -0.000777. The molecule has 116 valence electrons. The Morgan fingerprint density at radius 2 is 2.00 bits per heavy atom. The van der Waals surface area contributed by atoms with Gasteiger partial charge in [0.1, 0.15) is 11.6 Å². The molecule has 23 heavy (non-hydrogen) atoms. The van der Waals surface area contributed by atoms with Crippen LogP contribution in [-0.4, -0.2) is 25.4 Å². The zero-order chi connectivity index (χ0) is 16.2. The predicted molar refractivity (Wildman–Crippen MR) is 81.5 cm³/mol. The van der Waals surface area contributed by atoms with Gasteiger partial charge < -0.3 is 9.88 Å². The normalized spacial score (nSPS) is 10.5. The highest BCUT2D eigenvalue weighted by Crippen LogP contribution is 2.16. The van der Waals surface area contributed by atoms with Crippen LogP contribution in [0.25, 0.3) is 5.69 Å². The van der Waals surface area contributed by atoms with Gasteiger partial charge in [0.15, 0.2) is 0 Å². The molecule has 7 heteroatoms. The Hall–Kier alpha value is -3.09. The second-order valence-electron chi connectivity index (χ2n) is 4.89. The number of aryl methyl sites for hydroxylation is 1. The maximum Gasteiger partial charge on any atom is 0.289 e. The first-order valence-corrected chi connectivity index (χ1v) is 6.99. The van der Waals surface area contributed by atoms with Crippen LogP contribution < -0.4 is 5.32 Å². The van der Waals surface area contributed by atoms with Crippen molar-refractivity contribution in [3.05, 3.63) is 72.1 Å². The minimum Gasteiger partial charge on any atom is -0.345 e. The maximum absolute atomic E-state index is 14.3. The van der Waals surface area contributed by atoms with Crippen LogP contribution in [0.4, 0.5) is 4.39 Å². The number of amides is 1. The van der Waals surface area contributed by atoms with Gasteiger partial charge in [0, 0.05) is 31.3 Å². The summed E-state index contributed by atoms with van der Waals surface area (Å²) in [5, 5.41) is 2.66. The molecule has 0 unspecified atom stereocenters. The summed E-state index contributed by atoms with van der Waals surface area (Å²) in [6, 6.07) is 6.43. The molecule has 3 rings (SSSR count). The molecular weight excluding hydrogens is 297 g/mol. The first-order valence-electron chi connectivity index (χ1n) is 6.99. The summed E-state index contributed by atoms with van der Waals surface area (Å²) in [4.78, 5) is 23.7. The van der Waals surface area contributed by atoms with Crippen LogP contribution in [0.5, 0.6) is 0 Å². The first-order chi connectivity index (χ1) is 11.1. The fourth-order valence-corrected chi connectivity index (χ4v) is 2.17. The van der Waals surface area contributed by atoms with Crippen LogP contribution >= 0.6 is 0 Å². The third-order valence-electron chi connectivity index (χ3n) is 3.32. The van der Waals surface area contributed by atoms with E-state index in [2.05, 4.69) is 20.3 Å². The highest BCUT2D eigenvalue weighted by Gasteiger charge is 2.10. The van der Waals surface area contributed by atoms with Crippen molar-refractivity contribution in [1.82, 2.24) is 24.8 Å². The van der Waals surface area contributed by atoms with Crippen molar-refractivity contribution in [1.29, 1.82) is 0 Å². The van der Waals surface area contributed by atoms with Crippen molar-refractivity contribution >= 4 is 5.91 Å². The molecule has 0 aliphatic rings. The number of benzene rings is 1. The first kappa shape index (κ1) is 14.8. The highest BCUT2D eigenvalue weighted by atomic mass is 19.1. The number of nitrogens with one attached hydrogen (secondary N) is 1. The van der Waals surface area contributed by atoms with Gasteiger partial charge in [-0.1, -0.05) is 6.07 Å². The Kier molecular flexibility index (Phi) is 4.09. The molecule has 1 N–H and O–H groups in total. The largest absolute Gasteiger partial charge is 0.345 e. The number of aromatic nitrogens is 4. The van der Waals surface area contributed by atoms with Gasteiger partial charge in [-0.2, -0.15) is 0 Å². The fraction of sp³-hybridized carbons (Fsp3) is 0.125. The third kappa shape index (κ3) is 3.23. The Morgan fingerprint density at radius 1 is 1.22 bits per heavy atom. The van der Waals surface area contributed by atoms with E-state index in [0.29, 0.717) is 17.1 Å². The summed E-state index contributed by atoms with van der Waals surface area (Å²) in [5.41, 5.74) is 1.06. The molecular formula is C16H14FN5O. The molecule has 0 radical (unpaired) electrons. The summed E-state index contributed by atoms with van der Waals surface area (Å²) >= 11 is 0. The zero-order valence-electron chi connectivity index (χ0n) is 12.4. The molecule has 0 aliphatic carbocycles. The molecule has 0 spiro atoms. The number of nitrogens with zero attached hydrogens (tertiary/aromatic N) is 4. The molecule has 2 aromatic heterocycles. The SMILES string of the molecule is Cc1nccn1-c1ccc(CNC(=O)c2ncccn2)cc1F. The molecule has 1 amide bonds. The van der Waals surface area contributed by atoms with Crippen molar-refractivity contribution in [2.24, 2.45) is 0 Å². The fourth-order valence-electron chi connectivity index (χ4n) is 2.17. The quantitative estimate of drug-likeness (QED) is 0.800. The number of rotatable bonds is 4. The lowest BCUT2D eigenvalue weighted by Crippen LogP contribution is -2.24. The van der Waals surface area contributed by atoms with Gasteiger partial charge in [0.05, 0.1) is 5.69 Å². The number of halogens is 1. The van der Waals surface area contributed by atoms with Crippen molar-refractivity contribution in [3.8, 4) is 5.69 Å². The molecule has 0 aliphatic heterocycles. The molecule has 2 heterocycles. The number of carbonyl (C=O) groups is 1. The third-order valence-corrected chi connectivity index (χ3v) is 3.32. The van der Waals surface area contributed by atoms with Crippen LogP contribution in [-0.2, 0) is 6.54 Å². The second-order valence-corrected chi connectivity index (χ2v) is 4.89. The Morgan fingerprint density at radius 3 is 2.65 bits per heavy atom. The lowest BCUT2D eigenvalue weighted by Gasteiger charge is -2.09. The van der Waals surface area contributed by atoms with Gasteiger partial charge in [-0.05, 0) is 30.7 Å². The number of imidazole rings is 1. The van der Waals surface area contributed by atoms with Crippen molar-refractivity contribution in [2.75, 3.05) is 0 Å². The van der Waals surface area contributed by atoms with Gasteiger partial charge in [-0.3, -0.25) is 4.79 Å². The van der Waals surface area contributed by atoms with Crippen LogP contribution in [0.3, 0.4) is 0 Å². The van der Waals surface area contributed by atoms with E-state index >= 15 is 0 Å². The van der Waals surface area contributed by atoms with E-state index in [4.69, 9.17) is 0 Å². The summed E-state index contributed by atoms with van der Waals surface area (Å²) < 4.78 is 15.9. The number of carbonyl (C=O) groups excluding carboxylic acids is 1. The van der Waals surface area contributed by atoms with E-state index in [9.17, 15) is 9.18 Å². The Balaban J connectivity index is 1.72.